The lowest BCUT2D eigenvalue weighted by molar-refractivity contribution is 0.0619. The van der Waals surface area contributed by atoms with Crippen LogP contribution in [0.2, 0.25) is 0 Å². The molecule has 0 aliphatic rings. The van der Waals surface area contributed by atoms with Gasteiger partial charge in [0.1, 0.15) is 22.5 Å². The fraction of sp³-hybridized carbons (Fsp3) is 0.500. The minimum atomic E-state index is -0.929. The van der Waals surface area contributed by atoms with E-state index in [9.17, 15) is 20.1 Å². The normalized spacial score (nSPS) is 12.6. The molecule has 0 aliphatic heterocycles. The van der Waals surface area contributed by atoms with Crippen molar-refractivity contribution in [2.45, 2.75) is 44.8 Å². The van der Waals surface area contributed by atoms with Crippen LogP contribution in [0.25, 0.3) is 11.4 Å². The molecule has 0 saturated carbocycles. The van der Waals surface area contributed by atoms with Gasteiger partial charge < -0.3 is 30.5 Å². The van der Waals surface area contributed by atoms with Crippen LogP contribution in [0, 0.1) is 0 Å². The smallest absolute Gasteiger partial charge is 0.271 e. The number of ether oxygens (including phenoxy) is 2. The summed E-state index contributed by atoms with van der Waals surface area (Å²) in [7, 11) is 2.68. The molecule has 2 aromatic heterocycles. The van der Waals surface area contributed by atoms with Gasteiger partial charge in [-0.05, 0) is 33.1 Å². The molecule has 0 fully saturated rings. The van der Waals surface area contributed by atoms with Crippen molar-refractivity contribution in [3.63, 3.8) is 0 Å². The average molecular weight is 411 g/mol. The van der Waals surface area contributed by atoms with Crippen molar-refractivity contribution in [3.8, 4) is 28.6 Å². The van der Waals surface area contributed by atoms with Crippen molar-refractivity contribution < 1.29 is 29.6 Å². The van der Waals surface area contributed by atoms with E-state index in [0.29, 0.717) is 30.0 Å². The summed E-state index contributed by atoms with van der Waals surface area (Å²) in [6, 6.07) is 0. The molecule has 2 heterocycles. The predicted molar refractivity (Wildman–Crippen MR) is 104 cm³/mol. The minimum Gasteiger partial charge on any atom is -0.503 e. The number of thiazole rings is 1. The Kier molecular flexibility index (Phi) is 6.81. The molecule has 28 heavy (non-hydrogen) atoms. The van der Waals surface area contributed by atoms with E-state index in [0.717, 1.165) is 0 Å². The number of nitrogens with zero attached hydrogens (tertiary/aromatic N) is 2. The van der Waals surface area contributed by atoms with Gasteiger partial charge in [-0.1, -0.05) is 0 Å². The van der Waals surface area contributed by atoms with Crippen molar-refractivity contribution in [3.05, 3.63) is 16.1 Å². The van der Waals surface area contributed by atoms with Crippen molar-refractivity contribution in [1.82, 2.24) is 9.97 Å². The van der Waals surface area contributed by atoms with E-state index in [1.807, 2.05) is 0 Å². The number of methoxy groups -OCH3 is 2. The number of aliphatic hydroxyl groups excluding tert-OH is 1. The lowest BCUT2D eigenvalue weighted by Crippen LogP contribution is -2.18. The Morgan fingerprint density at radius 3 is 2.46 bits per heavy atom. The van der Waals surface area contributed by atoms with Crippen molar-refractivity contribution in [1.29, 1.82) is 0 Å². The van der Waals surface area contributed by atoms with Gasteiger partial charge >= 0.3 is 0 Å². The molecule has 2 aromatic rings. The molecule has 0 radical (unpaired) electrons. The van der Waals surface area contributed by atoms with Crippen LogP contribution in [-0.2, 0) is 0 Å². The second-order valence-corrected chi connectivity index (χ2v) is 7.77. The first-order valence-electron chi connectivity index (χ1n) is 8.60. The van der Waals surface area contributed by atoms with E-state index >= 15 is 0 Å². The zero-order valence-electron chi connectivity index (χ0n) is 16.2. The first-order chi connectivity index (χ1) is 13.1. The highest BCUT2D eigenvalue weighted by molar-refractivity contribution is 7.10. The molecule has 0 bridgehead atoms. The number of carbonyl (C=O) groups is 1. The molecule has 154 valence electrons. The van der Waals surface area contributed by atoms with Gasteiger partial charge in [0.2, 0.25) is 5.75 Å². The summed E-state index contributed by atoms with van der Waals surface area (Å²) in [5.41, 5.74) is 4.63. The summed E-state index contributed by atoms with van der Waals surface area (Å²) in [5, 5.41) is 32.4. The number of aromatic nitrogens is 2. The molecular formula is C18H25N3O6S. The summed E-state index contributed by atoms with van der Waals surface area (Å²) in [5.74, 6) is -1.43. The third-order valence-electron chi connectivity index (χ3n) is 4.04. The van der Waals surface area contributed by atoms with E-state index in [2.05, 4.69) is 9.97 Å². The summed E-state index contributed by atoms with van der Waals surface area (Å²) < 4.78 is 10.4. The van der Waals surface area contributed by atoms with E-state index in [1.54, 1.807) is 19.2 Å². The molecule has 1 unspecified atom stereocenters. The Hall–Kier alpha value is -2.43. The van der Waals surface area contributed by atoms with E-state index < -0.39 is 23.4 Å². The number of aromatic hydroxyl groups is 1. The summed E-state index contributed by atoms with van der Waals surface area (Å²) >= 11 is 1.22. The number of primary amides is 1. The lowest BCUT2D eigenvalue weighted by Gasteiger charge is -2.17. The van der Waals surface area contributed by atoms with Crippen LogP contribution in [0.4, 0.5) is 0 Å². The van der Waals surface area contributed by atoms with Crippen LogP contribution in [0.1, 0.15) is 54.7 Å². The predicted octanol–water partition coefficient (Wildman–Crippen LogP) is 2.00. The first kappa shape index (κ1) is 21.9. The second kappa shape index (κ2) is 8.72. The van der Waals surface area contributed by atoms with Crippen molar-refractivity contribution in [2.75, 3.05) is 14.2 Å². The Morgan fingerprint density at radius 2 is 1.93 bits per heavy atom. The zero-order valence-corrected chi connectivity index (χ0v) is 17.0. The maximum Gasteiger partial charge on any atom is 0.271 e. The number of carbonyl (C=O) groups excluding carboxylic acids is 1. The lowest BCUT2D eigenvalue weighted by atomic mass is 10.0. The Morgan fingerprint density at radius 1 is 1.29 bits per heavy atom. The maximum absolute atomic E-state index is 11.6. The highest BCUT2D eigenvalue weighted by atomic mass is 32.1. The van der Waals surface area contributed by atoms with Gasteiger partial charge in [0, 0.05) is 5.38 Å². The largest absolute Gasteiger partial charge is 0.503 e. The average Bonchev–Trinajstić information content (AvgIpc) is 3.09. The van der Waals surface area contributed by atoms with Gasteiger partial charge in [-0.15, -0.1) is 11.3 Å². The van der Waals surface area contributed by atoms with E-state index in [4.69, 9.17) is 15.2 Å². The molecule has 9 nitrogen and oxygen atoms in total. The van der Waals surface area contributed by atoms with Gasteiger partial charge in [-0.25, -0.2) is 9.97 Å². The van der Waals surface area contributed by atoms with Crippen molar-refractivity contribution >= 4 is 17.2 Å². The number of rotatable bonds is 9. The van der Waals surface area contributed by atoms with Gasteiger partial charge in [-0.2, -0.15) is 0 Å². The van der Waals surface area contributed by atoms with Crippen LogP contribution in [0.5, 0.6) is 17.2 Å². The molecule has 1 amide bonds. The molecular weight excluding hydrogens is 386 g/mol. The monoisotopic (exact) mass is 411 g/mol. The number of hydrogen-bond acceptors (Lipinski definition) is 9. The van der Waals surface area contributed by atoms with Crippen molar-refractivity contribution in [2.24, 2.45) is 5.73 Å². The number of amides is 1. The summed E-state index contributed by atoms with van der Waals surface area (Å²) in [6.45, 7) is 3.43. The molecule has 5 N–H and O–H groups in total. The standard InChI is InChI=1S/C18H25N3O6S/c1-18(2,25)7-5-6-10(22)17-20-9(8-28-17)11-14(26-3)15(27-4)13(23)12(21-11)16(19)24/h8,10,22-23,25H,5-7H2,1-4H3,(H2,19,24). The SMILES string of the molecule is COc1c(-c2csc(C(O)CCCC(C)(C)O)n2)nc(C(N)=O)c(O)c1OC. The Bertz CT molecular complexity index is 847. The summed E-state index contributed by atoms with van der Waals surface area (Å²) in [6.07, 6.45) is 0.809. The highest BCUT2D eigenvalue weighted by Gasteiger charge is 2.26. The van der Waals surface area contributed by atoms with E-state index in [-0.39, 0.29) is 22.9 Å². The highest BCUT2D eigenvalue weighted by Crippen LogP contribution is 2.44. The maximum atomic E-state index is 11.6. The van der Waals surface area contributed by atoms with Crippen LogP contribution >= 0.6 is 11.3 Å². The molecule has 0 aliphatic carbocycles. The number of pyridine rings is 1. The van der Waals surface area contributed by atoms with Gasteiger partial charge in [-0.3, -0.25) is 4.79 Å². The van der Waals surface area contributed by atoms with Crippen LogP contribution in [-0.4, -0.2) is 51.0 Å². The van der Waals surface area contributed by atoms with E-state index in [1.165, 1.54) is 25.6 Å². The van der Waals surface area contributed by atoms with Gasteiger partial charge in [0.05, 0.1) is 19.8 Å². The topological polar surface area (TPSA) is 148 Å². The molecule has 2 rings (SSSR count). The molecule has 1 atom stereocenters. The Labute approximate surface area is 166 Å². The molecule has 0 aromatic carbocycles. The summed E-state index contributed by atoms with van der Waals surface area (Å²) in [4.78, 5) is 20.1. The number of nitrogens with two attached hydrogens (primary N) is 1. The zero-order chi connectivity index (χ0) is 21.1. The first-order valence-corrected chi connectivity index (χ1v) is 9.48. The molecule has 0 saturated heterocycles. The third kappa shape index (κ3) is 4.89. The number of aliphatic hydroxyl groups is 2. The van der Waals surface area contributed by atoms with Crippen LogP contribution in [0.3, 0.4) is 0 Å². The molecule has 0 spiro atoms. The van der Waals surface area contributed by atoms with Crippen LogP contribution < -0.4 is 15.2 Å². The third-order valence-corrected chi connectivity index (χ3v) is 4.99. The minimum absolute atomic E-state index is 0.0819. The fourth-order valence-corrected chi connectivity index (χ4v) is 3.49. The fourth-order valence-electron chi connectivity index (χ4n) is 2.66. The van der Waals surface area contributed by atoms with Crippen LogP contribution in [0.15, 0.2) is 5.38 Å². The van der Waals surface area contributed by atoms with Gasteiger partial charge in [0.15, 0.2) is 17.2 Å². The quantitative estimate of drug-likeness (QED) is 0.490. The van der Waals surface area contributed by atoms with Gasteiger partial charge in [0.25, 0.3) is 5.91 Å². The molecule has 10 heteroatoms. The number of hydrogen-bond donors (Lipinski definition) is 4. The second-order valence-electron chi connectivity index (χ2n) is 6.88. The Balaban J connectivity index is 2.36.